The molecule has 0 aromatic heterocycles. The third kappa shape index (κ3) is 7.98. The highest BCUT2D eigenvalue weighted by Crippen LogP contribution is 2.45. The number of benzene rings is 3. The van der Waals surface area contributed by atoms with Gasteiger partial charge in [0.2, 0.25) is 5.90 Å². The Labute approximate surface area is 278 Å². The van der Waals surface area contributed by atoms with E-state index in [1.807, 2.05) is 24.3 Å². The van der Waals surface area contributed by atoms with Crippen molar-refractivity contribution in [3.8, 4) is 5.75 Å². The van der Waals surface area contributed by atoms with Gasteiger partial charge in [0.05, 0.1) is 22.9 Å². The zero-order valence-electron chi connectivity index (χ0n) is 25.5. The van der Waals surface area contributed by atoms with Crippen LogP contribution in [0.3, 0.4) is 0 Å². The summed E-state index contributed by atoms with van der Waals surface area (Å²) >= 11 is 3.60. The zero-order valence-corrected chi connectivity index (χ0v) is 27.9. The largest absolute Gasteiger partial charge is 0.494 e. The van der Waals surface area contributed by atoms with Crippen LogP contribution in [0.25, 0.3) is 0 Å². The lowest BCUT2D eigenvalue weighted by molar-refractivity contribution is -0.130. The van der Waals surface area contributed by atoms with Gasteiger partial charge < -0.3 is 19.7 Å². The summed E-state index contributed by atoms with van der Waals surface area (Å²) in [6.45, 7) is 0.530. The Kier molecular flexibility index (Phi) is 11.2. The van der Waals surface area contributed by atoms with Gasteiger partial charge in [-0.15, -0.1) is 0 Å². The van der Waals surface area contributed by atoms with Crippen LogP contribution in [0.2, 0.25) is 0 Å². The van der Waals surface area contributed by atoms with Crippen LogP contribution in [-0.4, -0.2) is 67.1 Å². The fraction of sp³-hybridized carbons (Fsp3) is 0.412. The van der Waals surface area contributed by atoms with Gasteiger partial charge in [0, 0.05) is 41.6 Å². The fourth-order valence-corrected chi connectivity index (χ4v) is 7.73. The molecule has 0 saturated heterocycles. The van der Waals surface area contributed by atoms with Crippen molar-refractivity contribution in [3.05, 3.63) is 94.5 Å². The predicted molar refractivity (Wildman–Crippen MR) is 178 cm³/mol. The smallest absolute Gasteiger partial charge is 0.266 e. The number of amides is 1. The van der Waals surface area contributed by atoms with E-state index in [4.69, 9.17) is 19.6 Å². The zero-order chi connectivity index (χ0) is 32.6. The summed E-state index contributed by atoms with van der Waals surface area (Å²) < 4.78 is 39.9. The summed E-state index contributed by atoms with van der Waals surface area (Å²) in [5, 5.41) is 20.1. The molecule has 1 saturated carbocycles. The van der Waals surface area contributed by atoms with E-state index in [0.717, 1.165) is 19.3 Å². The molecule has 0 unspecified atom stereocenters. The highest BCUT2D eigenvalue weighted by Gasteiger charge is 2.54. The van der Waals surface area contributed by atoms with Crippen LogP contribution in [0, 0.1) is 0 Å². The van der Waals surface area contributed by atoms with Gasteiger partial charge in [0.25, 0.3) is 5.91 Å². The number of aliphatic hydroxyl groups is 2. The number of carbonyl (C=O) groups is 1. The van der Waals surface area contributed by atoms with Crippen molar-refractivity contribution in [2.75, 3.05) is 25.5 Å². The second-order valence-corrected chi connectivity index (χ2v) is 14.7. The van der Waals surface area contributed by atoms with Crippen molar-refractivity contribution in [2.24, 2.45) is 4.99 Å². The molecule has 0 bridgehead atoms. The third-order valence-electron chi connectivity index (χ3n) is 8.48. The Hall–Kier alpha value is -3.29. The van der Waals surface area contributed by atoms with E-state index in [2.05, 4.69) is 26.8 Å². The maximum Gasteiger partial charge on any atom is 0.266 e. The van der Waals surface area contributed by atoms with E-state index in [-0.39, 0.29) is 36.1 Å². The molecule has 1 fully saturated rings. The lowest BCUT2D eigenvalue weighted by Crippen LogP contribution is -2.56. The second-order valence-electron chi connectivity index (χ2n) is 11.8. The van der Waals surface area contributed by atoms with Gasteiger partial charge in [-0.05, 0) is 55.3 Å². The average Bonchev–Trinajstić information content (AvgIpc) is 3.46. The van der Waals surface area contributed by atoms with Crippen molar-refractivity contribution in [3.63, 3.8) is 0 Å². The molecule has 1 heterocycles. The molecule has 1 aliphatic carbocycles. The average molecular weight is 715 g/mol. The Bertz CT molecular complexity index is 1610. The maximum absolute atomic E-state index is 14.3. The number of hydrogen-bond donors (Lipinski definition) is 4. The molecule has 4 N–H and O–H groups in total. The van der Waals surface area contributed by atoms with E-state index >= 15 is 0 Å². The summed E-state index contributed by atoms with van der Waals surface area (Å²) in [4.78, 5) is 19.4. The maximum atomic E-state index is 14.3. The first-order valence-electron chi connectivity index (χ1n) is 15.5. The molecule has 0 spiro atoms. The number of hydrazine groups is 1. The molecule has 246 valence electrons. The number of aliphatic imine (C=N–C) groups is 1. The van der Waals surface area contributed by atoms with Crippen molar-refractivity contribution < 1.29 is 32.9 Å². The number of nitrogens with one attached hydrogen (secondary N) is 2. The molecule has 12 heteroatoms. The molecule has 10 nitrogen and oxygen atoms in total. The lowest BCUT2D eigenvalue weighted by atomic mass is 9.84. The molecule has 5 rings (SSSR count). The van der Waals surface area contributed by atoms with Gasteiger partial charge in [-0.2, -0.15) is 0 Å². The first-order chi connectivity index (χ1) is 22.2. The predicted octanol–water partition coefficient (Wildman–Crippen LogP) is 4.65. The SMILES string of the molecule is O=C(NNCC1(O)CCCCC1)[C@@]1(CCS(=O)(=O)c2ccccc2)N=C(c2ccc(OCCCO)cc2)O[C@H]1c1ccccc1Br. The molecule has 0 radical (unpaired) electrons. The van der Waals surface area contributed by atoms with Gasteiger partial charge >= 0.3 is 0 Å². The second kappa shape index (κ2) is 15.1. The van der Waals surface area contributed by atoms with Gasteiger partial charge in [-0.1, -0.05) is 71.6 Å². The molecule has 3 aromatic carbocycles. The number of nitrogens with zero attached hydrogens (tertiary/aromatic N) is 1. The minimum atomic E-state index is -3.79. The minimum absolute atomic E-state index is 0.0252. The Balaban J connectivity index is 1.51. The number of hydrogen-bond acceptors (Lipinski definition) is 9. The highest BCUT2D eigenvalue weighted by atomic mass is 79.9. The number of sulfone groups is 1. The summed E-state index contributed by atoms with van der Waals surface area (Å²) in [5.41, 5.74) is 4.25. The Morgan fingerprint density at radius 3 is 2.39 bits per heavy atom. The first-order valence-corrected chi connectivity index (χ1v) is 18.0. The van der Waals surface area contributed by atoms with E-state index < -0.39 is 33.0 Å². The van der Waals surface area contributed by atoms with Gasteiger partial charge in [-0.25, -0.2) is 18.8 Å². The van der Waals surface area contributed by atoms with E-state index in [0.29, 0.717) is 47.2 Å². The monoisotopic (exact) mass is 713 g/mol. The quantitative estimate of drug-likeness (QED) is 0.140. The van der Waals surface area contributed by atoms with Crippen LogP contribution in [0.5, 0.6) is 5.75 Å². The summed E-state index contributed by atoms with van der Waals surface area (Å²) in [7, 11) is -3.79. The number of aliphatic hydroxyl groups excluding tert-OH is 1. The van der Waals surface area contributed by atoms with Gasteiger partial charge in [0.1, 0.15) is 5.75 Å². The first kappa shape index (κ1) is 34.1. The molecule has 46 heavy (non-hydrogen) atoms. The Morgan fingerprint density at radius 1 is 1.00 bits per heavy atom. The summed E-state index contributed by atoms with van der Waals surface area (Å²) in [6, 6.07) is 22.4. The summed E-state index contributed by atoms with van der Waals surface area (Å²) in [6.07, 6.45) is 3.46. The number of carbonyl (C=O) groups excluding carboxylic acids is 1. The lowest BCUT2D eigenvalue weighted by Gasteiger charge is -2.34. The molecule has 2 atom stereocenters. The van der Waals surface area contributed by atoms with E-state index in [9.17, 15) is 18.3 Å². The van der Waals surface area contributed by atoms with Crippen LogP contribution < -0.4 is 15.6 Å². The minimum Gasteiger partial charge on any atom is -0.494 e. The molecular formula is C34H40BrN3O7S. The van der Waals surface area contributed by atoms with Crippen LogP contribution in [0.1, 0.15) is 62.2 Å². The normalized spacial score (nSPS) is 20.8. The van der Waals surface area contributed by atoms with Crippen molar-refractivity contribution >= 4 is 37.6 Å². The standard InChI is InChI=1S/C34H40BrN3O7S/c35-29-13-6-5-12-28(29)30-34(20-23-46(42,43)27-10-3-1-4-11-27,32(40)38-36-24-33(41)18-7-2-8-19-33)37-31(45-30)25-14-16-26(17-15-25)44-22-9-21-39/h1,3-6,10-17,30,36,39,41H,2,7-9,18-24H2,(H,38,40)/t30-,34-/m0/s1. The summed E-state index contributed by atoms with van der Waals surface area (Å²) in [5.74, 6) is -0.163. The Morgan fingerprint density at radius 2 is 1.70 bits per heavy atom. The van der Waals surface area contributed by atoms with Crippen molar-refractivity contribution in [1.29, 1.82) is 0 Å². The number of halogens is 1. The molecule has 3 aromatic rings. The van der Waals surface area contributed by atoms with Crippen LogP contribution in [0.15, 0.2) is 93.2 Å². The van der Waals surface area contributed by atoms with E-state index in [1.165, 1.54) is 12.1 Å². The van der Waals surface area contributed by atoms with Gasteiger partial charge in [-0.3, -0.25) is 10.2 Å². The number of rotatable bonds is 14. The molecule has 1 amide bonds. The van der Waals surface area contributed by atoms with E-state index in [1.54, 1.807) is 42.5 Å². The fourth-order valence-electron chi connectivity index (χ4n) is 5.85. The van der Waals surface area contributed by atoms with Crippen LogP contribution in [0.4, 0.5) is 0 Å². The van der Waals surface area contributed by atoms with Crippen LogP contribution in [-0.2, 0) is 19.4 Å². The van der Waals surface area contributed by atoms with Crippen molar-refractivity contribution in [2.45, 2.75) is 67.1 Å². The molecular weight excluding hydrogens is 674 g/mol. The van der Waals surface area contributed by atoms with Crippen LogP contribution >= 0.6 is 15.9 Å². The molecule has 1 aliphatic heterocycles. The highest BCUT2D eigenvalue weighted by molar-refractivity contribution is 9.10. The third-order valence-corrected chi connectivity index (χ3v) is 10.9. The van der Waals surface area contributed by atoms with Crippen molar-refractivity contribution in [1.82, 2.24) is 10.9 Å². The molecule has 2 aliphatic rings. The van der Waals surface area contributed by atoms with Gasteiger partial charge in [0.15, 0.2) is 21.5 Å². The number of ether oxygens (including phenoxy) is 2. The topological polar surface area (TPSA) is 147 Å².